The van der Waals surface area contributed by atoms with Crippen LogP contribution in [0.5, 0.6) is 11.5 Å². The van der Waals surface area contributed by atoms with Crippen molar-refractivity contribution < 1.29 is 23.8 Å². The number of hydrogen-bond donors (Lipinski definition) is 1. The first-order chi connectivity index (χ1) is 12.2. The lowest BCUT2D eigenvalue weighted by molar-refractivity contribution is 0.0174. The maximum Gasteiger partial charge on any atom is 0.410 e. The molecule has 1 aromatic rings. The number of ether oxygens (including phenoxy) is 3. The van der Waals surface area contributed by atoms with E-state index in [-0.39, 0.29) is 12.1 Å². The van der Waals surface area contributed by atoms with Gasteiger partial charge in [-0.15, -0.1) is 0 Å². The molecule has 1 saturated heterocycles. The first kappa shape index (κ1) is 19.7. The summed E-state index contributed by atoms with van der Waals surface area (Å²) in [5, 5.41) is 2.84. The number of hydrogen-bond acceptors (Lipinski definition) is 5. The number of carbonyl (C=O) groups is 2. The third-order valence-electron chi connectivity index (χ3n) is 3.88. The van der Waals surface area contributed by atoms with Crippen LogP contribution in [0.3, 0.4) is 0 Å². The number of piperazine rings is 1. The highest BCUT2D eigenvalue weighted by atomic mass is 16.6. The van der Waals surface area contributed by atoms with E-state index < -0.39 is 5.60 Å². The van der Waals surface area contributed by atoms with Crippen molar-refractivity contribution in [3.63, 3.8) is 0 Å². The molecule has 2 rings (SSSR count). The maximum atomic E-state index is 12.6. The van der Waals surface area contributed by atoms with Crippen molar-refractivity contribution in [2.24, 2.45) is 0 Å². The SMILES string of the molecule is COc1cccc(OC)c1NC(=O)N1CCN(C(=O)OC(C)(C)C)CC1. The summed E-state index contributed by atoms with van der Waals surface area (Å²) in [7, 11) is 3.06. The molecule has 8 heteroatoms. The molecule has 8 nitrogen and oxygen atoms in total. The van der Waals surface area contributed by atoms with Crippen LogP contribution < -0.4 is 14.8 Å². The van der Waals surface area contributed by atoms with Gasteiger partial charge in [0.25, 0.3) is 0 Å². The summed E-state index contributed by atoms with van der Waals surface area (Å²) in [6.45, 7) is 7.17. The van der Waals surface area contributed by atoms with Crippen molar-refractivity contribution in [2.75, 3.05) is 45.7 Å². The number of rotatable bonds is 3. The maximum absolute atomic E-state index is 12.6. The highest BCUT2D eigenvalue weighted by Gasteiger charge is 2.28. The van der Waals surface area contributed by atoms with Gasteiger partial charge >= 0.3 is 12.1 Å². The molecule has 1 heterocycles. The van der Waals surface area contributed by atoms with Gasteiger partial charge in [0.05, 0.1) is 14.2 Å². The van der Waals surface area contributed by atoms with Crippen molar-refractivity contribution >= 4 is 17.8 Å². The van der Waals surface area contributed by atoms with E-state index in [0.717, 1.165) is 0 Å². The van der Waals surface area contributed by atoms with E-state index in [1.54, 1.807) is 28.0 Å². The Labute approximate surface area is 154 Å². The van der Waals surface area contributed by atoms with Crippen LogP contribution in [-0.4, -0.2) is 67.9 Å². The Balaban J connectivity index is 1.96. The summed E-state index contributed by atoms with van der Waals surface area (Å²) < 4.78 is 15.9. The number of nitrogens with zero attached hydrogens (tertiary/aromatic N) is 2. The summed E-state index contributed by atoms with van der Waals surface area (Å²) in [6.07, 6.45) is -0.357. The number of amides is 3. The molecule has 1 fully saturated rings. The molecule has 1 aromatic carbocycles. The van der Waals surface area contributed by atoms with E-state index in [0.29, 0.717) is 43.4 Å². The zero-order chi connectivity index (χ0) is 19.3. The molecular weight excluding hydrogens is 338 g/mol. The largest absolute Gasteiger partial charge is 0.494 e. The van der Waals surface area contributed by atoms with Crippen molar-refractivity contribution in [1.82, 2.24) is 9.80 Å². The summed E-state index contributed by atoms with van der Waals surface area (Å²) in [5.74, 6) is 1.04. The molecular formula is C18H27N3O5. The third kappa shape index (κ3) is 4.93. The topological polar surface area (TPSA) is 80.3 Å². The minimum absolute atomic E-state index is 0.267. The predicted octanol–water partition coefficient (Wildman–Crippen LogP) is 2.79. The second kappa shape index (κ2) is 8.16. The average molecular weight is 365 g/mol. The van der Waals surface area contributed by atoms with Crippen LogP contribution in [0.15, 0.2) is 18.2 Å². The van der Waals surface area contributed by atoms with Gasteiger partial charge in [-0.2, -0.15) is 0 Å². The lowest BCUT2D eigenvalue weighted by atomic mass is 10.2. The second-order valence-corrected chi connectivity index (χ2v) is 6.92. The summed E-state index contributed by atoms with van der Waals surface area (Å²) >= 11 is 0. The van der Waals surface area contributed by atoms with E-state index in [9.17, 15) is 9.59 Å². The quantitative estimate of drug-likeness (QED) is 0.891. The Hall–Kier alpha value is -2.64. The fourth-order valence-corrected chi connectivity index (χ4v) is 2.58. The molecule has 0 radical (unpaired) electrons. The minimum Gasteiger partial charge on any atom is -0.494 e. The average Bonchev–Trinajstić information content (AvgIpc) is 2.60. The normalized spacial score (nSPS) is 14.7. The van der Waals surface area contributed by atoms with Crippen LogP contribution in [0, 0.1) is 0 Å². The van der Waals surface area contributed by atoms with Gasteiger partial charge in [-0.3, -0.25) is 0 Å². The van der Waals surface area contributed by atoms with Gasteiger partial charge in [-0.05, 0) is 32.9 Å². The number of urea groups is 1. The lowest BCUT2D eigenvalue weighted by Crippen LogP contribution is -2.52. The highest BCUT2D eigenvalue weighted by Crippen LogP contribution is 2.34. The van der Waals surface area contributed by atoms with E-state index in [2.05, 4.69) is 5.32 Å². The van der Waals surface area contributed by atoms with E-state index in [1.807, 2.05) is 20.8 Å². The fraction of sp³-hybridized carbons (Fsp3) is 0.556. The molecule has 1 aliphatic rings. The summed E-state index contributed by atoms with van der Waals surface area (Å²) in [4.78, 5) is 27.9. The van der Waals surface area contributed by atoms with Crippen LogP contribution >= 0.6 is 0 Å². The molecule has 144 valence electrons. The van der Waals surface area contributed by atoms with Gasteiger partial charge in [0.15, 0.2) is 0 Å². The molecule has 26 heavy (non-hydrogen) atoms. The summed E-state index contributed by atoms with van der Waals surface area (Å²) in [6, 6.07) is 5.01. The van der Waals surface area contributed by atoms with Crippen LogP contribution in [-0.2, 0) is 4.74 Å². The van der Waals surface area contributed by atoms with Gasteiger partial charge in [-0.25, -0.2) is 9.59 Å². The molecule has 3 amide bonds. The van der Waals surface area contributed by atoms with Gasteiger partial charge < -0.3 is 29.3 Å². The van der Waals surface area contributed by atoms with Crippen LogP contribution in [0.1, 0.15) is 20.8 Å². The first-order valence-corrected chi connectivity index (χ1v) is 8.50. The third-order valence-corrected chi connectivity index (χ3v) is 3.88. The van der Waals surface area contributed by atoms with Gasteiger partial charge in [0.1, 0.15) is 22.8 Å². The van der Waals surface area contributed by atoms with Crippen LogP contribution in [0.25, 0.3) is 0 Å². The minimum atomic E-state index is -0.536. The Kier molecular flexibility index (Phi) is 6.18. The van der Waals surface area contributed by atoms with Crippen LogP contribution in [0.2, 0.25) is 0 Å². The molecule has 0 atom stereocenters. The number of carbonyl (C=O) groups excluding carboxylic acids is 2. The van der Waals surface area contributed by atoms with Crippen molar-refractivity contribution in [2.45, 2.75) is 26.4 Å². The summed E-state index contributed by atoms with van der Waals surface area (Å²) in [5.41, 5.74) is -0.0523. The number of anilines is 1. The standard InChI is InChI=1S/C18H27N3O5/c1-18(2,3)26-17(23)21-11-9-20(10-12-21)16(22)19-15-13(24-4)7-6-8-14(15)25-5/h6-8H,9-12H2,1-5H3,(H,19,22). The smallest absolute Gasteiger partial charge is 0.410 e. The molecule has 1 aliphatic heterocycles. The van der Waals surface area contributed by atoms with E-state index in [4.69, 9.17) is 14.2 Å². The number of methoxy groups -OCH3 is 2. The van der Waals surface area contributed by atoms with Crippen molar-refractivity contribution in [1.29, 1.82) is 0 Å². The zero-order valence-corrected chi connectivity index (χ0v) is 16.0. The molecule has 0 aromatic heterocycles. The van der Waals surface area contributed by atoms with E-state index >= 15 is 0 Å². The Bertz CT molecular complexity index is 626. The number of benzene rings is 1. The zero-order valence-electron chi connectivity index (χ0n) is 16.0. The number of nitrogens with one attached hydrogen (secondary N) is 1. The number of para-hydroxylation sites is 1. The Morgan fingerprint density at radius 3 is 1.92 bits per heavy atom. The first-order valence-electron chi connectivity index (χ1n) is 8.50. The molecule has 0 unspecified atom stereocenters. The van der Waals surface area contributed by atoms with E-state index in [1.165, 1.54) is 14.2 Å². The molecule has 0 aliphatic carbocycles. The molecule has 0 bridgehead atoms. The van der Waals surface area contributed by atoms with Gasteiger partial charge in [0, 0.05) is 26.2 Å². The second-order valence-electron chi connectivity index (χ2n) is 6.92. The van der Waals surface area contributed by atoms with Gasteiger partial charge in [-0.1, -0.05) is 6.07 Å². The molecule has 1 N–H and O–H groups in total. The van der Waals surface area contributed by atoms with Crippen LogP contribution in [0.4, 0.5) is 15.3 Å². The van der Waals surface area contributed by atoms with Crippen molar-refractivity contribution in [3.8, 4) is 11.5 Å². The monoisotopic (exact) mass is 365 g/mol. The Morgan fingerprint density at radius 1 is 0.962 bits per heavy atom. The van der Waals surface area contributed by atoms with Crippen molar-refractivity contribution in [3.05, 3.63) is 18.2 Å². The fourth-order valence-electron chi connectivity index (χ4n) is 2.58. The predicted molar refractivity (Wildman–Crippen MR) is 97.9 cm³/mol. The molecule has 0 spiro atoms. The highest BCUT2D eigenvalue weighted by molar-refractivity contribution is 5.93. The van der Waals surface area contributed by atoms with Gasteiger partial charge in [0.2, 0.25) is 0 Å². The Morgan fingerprint density at radius 2 is 1.46 bits per heavy atom. The lowest BCUT2D eigenvalue weighted by Gasteiger charge is -2.35. The molecule has 0 saturated carbocycles.